The van der Waals surface area contributed by atoms with Gasteiger partial charge in [-0.2, -0.15) is 5.26 Å². The van der Waals surface area contributed by atoms with Crippen molar-refractivity contribution in [2.24, 2.45) is 5.73 Å². The summed E-state index contributed by atoms with van der Waals surface area (Å²) in [7, 11) is 0. The van der Waals surface area contributed by atoms with Crippen LogP contribution in [0.15, 0.2) is 0 Å². The molecule has 5 nitrogen and oxygen atoms in total. The first-order valence-corrected chi connectivity index (χ1v) is 0.512. The van der Waals surface area contributed by atoms with E-state index >= 15 is 0 Å². The number of nitrogens with two attached hydrogens (primary N) is 1. The molecule has 0 bridgehead atoms. The highest BCUT2D eigenvalue weighted by Crippen LogP contribution is 0.900. The number of hydrogen-bond donors (Lipinski definition) is 4. The minimum absolute atomic E-state index is 0. The molecule has 0 saturated carbocycles. The smallest absolute Gasteiger partial charge is 0.173 e. The summed E-state index contributed by atoms with van der Waals surface area (Å²) in [5.74, 6) is 0. The molecule has 0 aliphatic rings. The van der Waals surface area contributed by atoms with Gasteiger partial charge in [0.15, 0.2) is 6.19 Å². The summed E-state index contributed by atoms with van der Waals surface area (Å²) in [5.41, 5.74) is 4.15. The van der Waals surface area contributed by atoms with E-state index in [2.05, 4.69) is 5.73 Å². The zero-order chi connectivity index (χ0) is 2.71. The van der Waals surface area contributed by atoms with Crippen molar-refractivity contribution < 1.29 is 0 Å². The molecule has 0 amide bonds. The van der Waals surface area contributed by atoms with Crippen LogP contribution in [0.1, 0.15) is 0 Å². The van der Waals surface area contributed by atoms with Gasteiger partial charge in [0, 0.05) is 0 Å². The molecule has 0 heterocycles. The van der Waals surface area contributed by atoms with Gasteiger partial charge < -0.3 is 24.2 Å². The summed E-state index contributed by atoms with van der Waals surface area (Å²) in [4.78, 5) is 0. The first-order valence-electron chi connectivity index (χ1n) is 0.512. The van der Waals surface area contributed by atoms with Gasteiger partial charge in [-0.05, 0) is 0 Å². The third kappa shape index (κ3) is 21.7. The fourth-order valence-corrected chi connectivity index (χ4v) is 0. The van der Waals surface area contributed by atoms with Gasteiger partial charge in [0.1, 0.15) is 0 Å². The molecule has 0 aromatic rings. The van der Waals surface area contributed by atoms with Gasteiger partial charge in [-0.3, -0.25) is 0 Å². The van der Waals surface area contributed by atoms with E-state index in [0.29, 0.717) is 0 Å². The molecule has 6 heavy (non-hydrogen) atoms. The number of nitriles is 1. The van der Waals surface area contributed by atoms with E-state index in [0.717, 1.165) is 0 Å². The second kappa shape index (κ2) is 1450. The van der Waals surface area contributed by atoms with Gasteiger partial charge in [-0.25, -0.2) is 0 Å². The lowest BCUT2D eigenvalue weighted by Gasteiger charge is -1.24. The van der Waals surface area contributed by atoms with Gasteiger partial charge in [0.2, 0.25) is 0 Å². The number of rotatable bonds is 0. The lowest BCUT2D eigenvalue weighted by molar-refractivity contribution is 1.45. The molecule has 0 atom stereocenters. The maximum absolute atomic E-state index is 7.10. The summed E-state index contributed by atoms with van der Waals surface area (Å²) >= 11 is 0. The molecule has 0 aromatic heterocycles. The Morgan fingerprint density at radius 3 is 1.17 bits per heavy atom. The summed E-state index contributed by atoms with van der Waals surface area (Å²) in [5, 5.41) is 7.10. The van der Waals surface area contributed by atoms with Crippen LogP contribution in [0.5, 0.6) is 0 Å². The fourth-order valence-electron chi connectivity index (χ4n) is 0. The van der Waals surface area contributed by atoms with Crippen molar-refractivity contribution in [2.45, 2.75) is 0 Å². The van der Waals surface area contributed by atoms with E-state index in [-0.39, 0.29) is 18.5 Å². The molecule has 0 aromatic carbocycles. The van der Waals surface area contributed by atoms with Crippen molar-refractivity contribution in [3.63, 3.8) is 0 Å². The van der Waals surface area contributed by atoms with Crippen LogP contribution in [0.25, 0.3) is 0 Å². The molecule has 0 radical (unpaired) electrons. The maximum atomic E-state index is 7.10. The van der Waals surface area contributed by atoms with Gasteiger partial charge in [-0.15, -0.1) is 0 Å². The highest BCUT2D eigenvalue weighted by atomic mass is 14.5. The maximum Gasteiger partial charge on any atom is 0.173 e. The molecule has 0 rings (SSSR count). The van der Waals surface area contributed by atoms with Gasteiger partial charge >= 0.3 is 0 Å². The van der Waals surface area contributed by atoms with Crippen LogP contribution in [0.2, 0.25) is 0 Å². The summed E-state index contributed by atoms with van der Waals surface area (Å²) in [6.07, 6.45) is 1.25. The molecule has 40 valence electrons. The van der Waals surface area contributed by atoms with Crippen molar-refractivity contribution in [3.8, 4) is 6.19 Å². The predicted octanol–water partition coefficient (Wildman–Crippen LogP) is -0.0878. The van der Waals surface area contributed by atoms with Crippen molar-refractivity contribution in [1.82, 2.24) is 18.5 Å². The first kappa shape index (κ1) is 65.7. The van der Waals surface area contributed by atoms with E-state index < -0.39 is 0 Å². The van der Waals surface area contributed by atoms with E-state index in [1.165, 1.54) is 6.19 Å². The molecule has 0 spiro atoms. The Morgan fingerprint density at radius 1 is 1.17 bits per heavy atom. The Balaban J connectivity index is -0.00000000667. The SMILES string of the molecule is N.N.N.N#CN. The number of nitrogens with zero attached hydrogens (tertiary/aromatic N) is 1. The van der Waals surface area contributed by atoms with E-state index in [4.69, 9.17) is 5.26 Å². The van der Waals surface area contributed by atoms with Gasteiger partial charge in [-0.1, -0.05) is 0 Å². The zero-order valence-electron chi connectivity index (χ0n) is 3.65. The van der Waals surface area contributed by atoms with E-state index in [1.54, 1.807) is 0 Å². The molecule has 0 aliphatic carbocycles. The van der Waals surface area contributed by atoms with Crippen LogP contribution in [0.3, 0.4) is 0 Å². The van der Waals surface area contributed by atoms with Crippen LogP contribution in [0.4, 0.5) is 0 Å². The fraction of sp³-hybridized carbons (Fsp3) is 0. The van der Waals surface area contributed by atoms with Crippen LogP contribution < -0.4 is 24.2 Å². The Hall–Kier alpha value is -0.830. The Labute approximate surface area is 36.9 Å². The third-order valence-corrected chi connectivity index (χ3v) is 0. The first-order chi connectivity index (χ1) is 1.41. The molecule has 11 N–H and O–H groups in total. The normalized spacial score (nSPS) is 1.17. The van der Waals surface area contributed by atoms with Crippen molar-refractivity contribution in [2.75, 3.05) is 0 Å². The minimum Gasteiger partial charge on any atom is -0.344 e. The van der Waals surface area contributed by atoms with Gasteiger partial charge in [0.05, 0.1) is 0 Å². The largest absolute Gasteiger partial charge is 0.344 e. The van der Waals surface area contributed by atoms with E-state index in [1.807, 2.05) is 0 Å². The molecule has 0 fully saturated rings. The minimum atomic E-state index is 0. The lowest BCUT2D eigenvalue weighted by Crippen LogP contribution is -1.69. The average Bonchev–Trinajstić information content (AvgIpc) is 0.918. The van der Waals surface area contributed by atoms with Crippen LogP contribution in [-0.4, -0.2) is 0 Å². The lowest BCUT2D eigenvalue weighted by atomic mass is 11.5. The molecule has 5 heteroatoms. The van der Waals surface area contributed by atoms with Crippen molar-refractivity contribution in [1.29, 1.82) is 5.26 Å². The van der Waals surface area contributed by atoms with E-state index in [9.17, 15) is 0 Å². The second-order valence-corrected chi connectivity index (χ2v) is 0.129. The average molecular weight is 93.1 g/mol. The Morgan fingerprint density at radius 2 is 1.17 bits per heavy atom. The zero-order valence-corrected chi connectivity index (χ0v) is 3.65. The molecular weight excluding hydrogens is 82.0 g/mol. The van der Waals surface area contributed by atoms with Crippen LogP contribution in [0, 0.1) is 11.5 Å². The van der Waals surface area contributed by atoms with Crippen molar-refractivity contribution in [3.05, 3.63) is 0 Å². The van der Waals surface area contributed by atoms with Crippen molar-refractivity contribution >= 4 is 0 Å². The Kier molecular flexibility index (Phi) is 15900. The summed E-state index contributed by atoms with van der Waals surface area (Å²) in [6.45, 7) is 0. The van der Waals surface area contributed by atoms with Crippen LogP contribution >= 0.6 is 0 Å². The Bertz CT molecular complexity index is 25.4. The quantitative estimate of drug-likeness (QED) is 0.243. The summed E-state index contributed by atoms with van der Waals surface area (Å²) in [6, 6.07) is 0. The highest BCUT2D eigenvalue weighted by molar-refractivity contribution is 4.46. The van der Waals surface area contributed by atoms with Gasteiger partial charge in [0.25, 0.3) is 0 Å². The molecule has 0 unspecified atom stereocenters. The summed E-state index contributed by atoms with van der Waals surface area (Å²) < 4.78 is 0. The standard InChI is InChI=1S/CH2N2.3H3N/c2-1-3;;;/h2H2;3*1H3. The highest BCUT2D eigenvalue weighted by Gasteiger charge is 1.12. The second-order valence-electron chi connectivity index (χ2n) is 0.129. The monoisotopic (exact) mass is 93.1 g/mol. The topological polar surface area (TPSA) is 155 Å². The predicted molar refractivity (Wildman–Crippen MR) is 24.9 cm³/mol. The molecule has 0 saturated heterocycles. The number of hydrogen-bond acceptors (Lipinski definition) is 5. The molecule has 0 aliphatic heterocycles. The third-order valence-electron chi connectivity index (χ3n) is 0. The van der Waals surface area contributed by atoms with Crippen LogP contribution in [-0.2, 0) is 0 Å². The molecular formula is CH11N5.